The van der Waals surface area contributed by atoms with Crippen molar-refractivity contribution in [1.82, 2.24) is 20.2 Å². The van der Waals surface area contributed by atoms with Gasteiger partial charge in [-0.25, -0.2) is 4.98 Å². The van der Waals surface area contributed by atoms with Crippen LogP contribution in [0.4, 0.5) is 5.82 Å². The summed E-state index contributed by atoms with van der Waals surface area (Å²) in [5, 5.41) is 8.12. The maximum Gasteiger partial charge on any atom is 0.130 e. The van der Waals surface area contributed by atoms with Crippen molar-refractivity contribution in [2.75, 3.05) is 31.2 Å². The van der Waals surface area contributed by atoms with Gasteiger partial charge in [0.05, 0.1) is 18.9 Å². The molecule has 0 atom stereocenters. The van der Waals surface area contributed by atoms with Crippen LogP contribution >= 0.6 is 0 Å². The van der Waals surface area contributed by atoms with Gasteiger partial charge in [0, 0.05) is 30.9 Å². The summed E-state index contributed by atoms with van der Waals surface area (Å²) < 4.78 is 5.46. The second kappa shape index (κ2) is 6.41. The third kappa shape index (κ3) is 2.65. The molecule has 1 fully saturated rings. The zero-order valence-electron chi connectivity index (χ0n) is 13.6. The molecule has 6 nitrogen and oxygen atoms in total. The molecule has 0 aromatic carbocycles. The van der Waals surface area contributed by atoms with Gasteiger partial charge in [-0.05, 0) is 30.7 Å². The van der Waals surface area contributed by atoms with Crippen LogP contribution in [-0.4, -0.2) is 46.5 Å². The molecule has 0 bridgehead atoms. The van der Waals surface area contributed by atoms with Crippen molar-refractivity contribution in [3.63, 3.8) is 0 Å². The van der Waals surface area contributed by atoms with Crippen molar-refractivity contribution in [3.8, 4) is 11.4 Å². The first-order chi connectivity index (χ1) is 11.9. The molecule has 0 unspecified atom stereocenters. The van der Waals surface area contributed by atoms with Crippen LogP contribution in [0.2, 0.25) is 0 Å². The number of nitrogens with zero attached hydrogens (tertiary/aromatic N) is 4. The number of H-pyrrole nitrogens is 1. The highest BCUT2D eigenvalue weighted by molar-refractivity contribution is 5.96. The van der Waals surface area contributed by atoms with Crippen LogP contribution in [-0.2, 0) is 4.74 Å². The lowest BCUT2D eigenvalue weighted by atomic mass is 10.1. The number of fused-ring (bicyclic) bond motifs is 1. The quantitative estimate of drug-likeness (QED) is 0.803. The summed E-state index contributed by atoms with van der Waals surface area (Å²) in [6, 6.07) is 6.07. The highest BCUT2D eigenvalue weighted by Gasteiger charge is 2.17. The van der Waals surface area contributed by atoms with Crippen molar-refractivity contribution in [1.29, 1.82) is 0 Å². The van der Waals surface area contributed by atoms with Crippen molar-refractivity contribution in [2.45, 2.75) is 6.92 Å². The fourth-order valence-electron chi connectivity index (χ4n) is 3.02. The predicted octanol–water partition coefficient (Wildman–Crippen LogP) is 2.89. The summed E-state index contributed by atoms with van der Waals surface area (Å²) in [5.74, 6) is 0.965. The summed E-state index contributed by atoms with van der Waals surface area (Å²) in [6.07, 6.45) is 7.72. The number of hydrogen-bond donors (Lipinski definition) is 1. The third-order valence-corrected chi connectivity index (χ3v) is 4.18. The maximum atomic E-state index is 5.46. The van der Waals surface area contributed by atoms with E-state index in [4.69, 9.17) is 9.72 Å². The van der Waals surface area contributed by atoms with Crippen LogP contribution in [0.25, 0.3) is 28.4 Å². The lowest BCUT2D eigenvalue weighted by Crippen LogP contribution is -2.36. The lowest BCUT2D eigenvalue weighted by molar-refractivity contribution is 0.122. The van der Waals surface area contributed by atoms with Gasteiger partial charge in [-0.1, -0.05) is 12.2 Å². The van der Waals surface area contributed by atoms with E-state index in [1.807, 2.05) is 31.3 Å². The molecule has 0 amide bonds. The Kier molecular flexibility index (Phi) is 3.96. The molecule has 0 spiro atoms. The van der Waals surface area contributed by atoms with E-state index in [1.165, 1.54) is 0 Å². The van der Waals surface area contributed by atoms with Gasteiger partial charge in [0.1, 0.15) is 17.0 Å². The first kappa shape index (κ1) is 14.8. The number of aromatic nitrogens is 4. The number of rotatable bonds is 3. The van der Waals surface area contributed by atoms with Gasteiger partial charge in [-0.15, -0.1) is 0 Å². The SMILES string of the molecule is CC=Cc1cc(N2CCOCC2)nc2c(-c3ccn[nH]3)nccc12. The fraction of sp³-hybridized carbons (Fsp3) is 0.278. The monoisotopic (exact) mass is 321 g/mol. The van der Waals surface area contributed by atoms with Gasteiger partial charge in [-0.3, -0.25) is 10.1 Å². The fourth-order valence-corrected chi connectivity index (χ4v) is 3.02. The molecule has 4 heterocycles. The van der Waals surface area contributed by atoms with E-state index in [0.717, 1.165) is 60.0 Å². The third-order valence-electron chi connectivity index (χ3n) is 4.18. The zero-order valence-corrected chi connectivity index (χ0v) is 13.6. The van der Waals surface area contributed by atoms with Crippen LogP contribution in [0.5, 0.6) is 0 Å². The minimum absolute atomic E-state index is 0.735. The molecule has 1 N–H and O–H groups in total. The number of anilines is 1. The molecule has 3 aromatic heterocycles. The first-order valence-electron chi connectivity index (χ1n) is 8.11. The van der Waals surface area contributed by atoms with E-state index in [-0.39, 0.29) is 0 Å². The topological polar surface area (TPSA) is 66.9 Å². The van der Waals surface area contributed by atoms with Crippen molar-refractivity contribution in [3.05, 3.63) is 42.2 Å². The molecule has 0 radical (unpaired) electrons. The average molecular weight is 321 g/mol. The van der Waals surface area contributed by atoms with Crippen LogP contribution in [0.15, 0.2) is 36.7 Å². The number of nitrogens with one attached hydrogen (secondary N) is 1. The standard InChI is InChI=1S/C18H19N5O/c1-2-3-13-12-16(23-8-10-24-11-9-23)21-17-14(13)4-6-19-18(17)15-5-7-20-22-15/h2-7,12H,8-11H2,1H3,(H,20,22). The summed E-state index contributed by atoms with van der Waals surface area (Å²) in [7, 11) is 0. The van der Waals surface area contributed by atoms with Gasteiger partial charge in [0.15, 0.2) is 0 Å². The predicted molar refractivity (Wildman–Crippen MR) is 94.9 cm³/mol. The van der Waals surface area contributed by atoms with Crippen LogP contribution in [0, 0.1) is 0 Å². The zero-order chi connectivity index (χ0) is 16.4. The molecular formula is C18H19N5O. The number of hydrogen-bond acceptors (Lipinski definition) is 5. The second-order valence-corrected chi connectivity index (χ2v) is 5.70. The van der Waals surface area contributed by atoms with Crippen molar-refractivity contribution in [2.24, 2.45) is 0 Å². The number of ether oxygens (including phenoxy) is 1. The molecule has 1 aliphatic heterocycles. The summed E-state index contributed by atoms with van der Waals surface area (Å²) in [5.41, 5.74) is 3.73. The number of pyridine rings is 2. The van der Waals surface area contributed by atoms with Gasteiger partial charge in [0.2, 0.25) is 0 Å². The Labute approximate surface area is 140 Å². The van der Waals surface area contributed by atoms with Gasteiger partial charge < -0.3 is 9.64 Å². The van der Waals surface area contributed by atoms with Crippen LogP contribution in [0.3, 0.4) is 0 Å². The lowest BCUT2D eigenvalue weighted by Gasteiger charge is -2.28. The molecule has 0 aliphatic carbocycles. The molecule has 6 heteroatoms. The molecule has 0 saturated carbocycles. The van der Waals surface area contributed by atoms with Crippen molar-refractivity contribution < 1.29 is 4.74 Å². The Morgan fingerprint density at radius 2 is 2.08 bits per heavy atom. The van der Waals surface area contributed by atoms with Gasteiger partial charge in [-0.2, -0.15) is 5.10 Å². The van der Waals surface area contributed by atoms with E-state index >= 15 is 0 Å². The number of allylic oxidation sites excluding steroid dienone is 1. The molecule has 122 valence electrons. The molecule has 3 aromatic rings. The Morgan fingerprint density at radius 1 is 1.21 bits per heavy atom. The summed E-state index contributed by atoms with van der Waals surface area (Å²) in [4.78, 5) is 11.7. The molecule has 1 saturated heterocycles. The molecule has 4 rings (SSSR count). The summed E-state index contributed by atoms with van der Waals surface area (Å²) >= 11 is 0. The van der Waals surface area contributed by atoms with E-state index in [2.05, 4.69) is 32.2 Å². The number of aromatic amines is 1. The molecular weight excluding hydrogens is 302 g/mol. The van der Waals surface area contributed by atoms with E-state index in [1.54, 1.807) is 6.20 Å². The second-order valence-electron chi connectivity index (χ2n) is 5.70. The Bertz CT molecular complexity index is 867. The average Bonchev–Trinajstić information content (AvgIpc) is 3.16. The van der Waals surface area contributed by atoms with E-state index in [9.17, 15) is 0 Å². The molecule has 1 aliphatic rings. The number of morpholine rings is 1. The normalized spacial score (nSPS) is 15.5. The minimum atomic E-state index is 0.735. The molecule has 24 heavy (non-hydrogen) atoms. The highest BCUT2D eigenvalue weighted by atomic mass is 16.5. The summed E-state index contributed by atoms with van der Waals surface area (Å²) in [6.45, 7) is 5.21. The highest BCUT2D eigenvalue weighted by Crippen LogP contribution is 2.30. The smallest absolute Gasteiger partial charge is 0.130 e. The van der Waals surface area contributed by atoms with Crippen molar-refractivity contribution >= 4 is 22.8 Å². The van der Waals surface area contributed by atoms with Gasteiger partial charge in [0.25, 0.3) is 0 Å². The Hall–Kier alpha value is -2.73. The maximum absolute atomic E-state index is 5.46. The van der Waals surface area contributed by atoms with E-state index in [0.29, 0.717) is 0 Å². The Balaban J connectivity index is 1.93. The first-order valence-corrected chi connectivity index (χ1v) is 8.11. The van der Waals surface area contributed by atoms with Crippen LogP contribution < -0.4 is 4.90 Å². The van der Waals surface area contributed by atoms with Gasteiger partial charge >= 0.3 is 0 Å². The van der Waals surface area contributed by atoms with Crippen LogP contribution in [0.1, 0.15) is 12.5 Å². The van der Waals surface area contributed by atoms with E-state index < -0.39 is 0 Å². The Morgan fingerprint density at radius 3 is 2.83 bits per heavy atom. The largest absolute Gasteiger partial charge is 0.378 e. The minimum Gasteiger partial charge on any atom is -0.378 e.